The number of carbonyl (C=O) groups is 1. The Morgan fingerprint density at radius 3 is 2.70 bits per heavy atom. The number of piperidine rings is 1. The standard InChI is InChI=1S/C21H27N5O/c1-16-6-10-25(11-7-16)20-5-4-18(14-24-20)21(27)26-12-9-23-15-19(26)17-3-2-8-22-13-17/h2-5,8,13-14,16,19,23H,6-7,9-12,15H2,1H3. The Balaban J connectivity index is 1.49. The molecule has 0 radical (unpaired) electrons. The lowest BCUT2D eigenvalue weighted by molar-refractivity contribution is 0.0633. The Morgan fingerprint density at radius 2 is 2.00 bits per heavy atom. The van der Waals surface area contributed by atoms with Gasteiger partial charge in [-0.2, -0.15) is 0 Å². The lowest BCUT2D eigenvalue weighted by atomic mass is 9.99. The Morgan fingerprint density at radius 1 is 1.15 bits per heavy atom. The highest BCUT2D eigenvalue weighted by molar-refractivity contribution is 5.94. The van der Waals surface area contributed by atoms with Gasteiger partial charge in [0.2, 0.25) is 0 Å². The lowest BCUT2D eigenvalue weighted by Crippen LogP contribution is -2.48. The van der Waals surface area contributed by atoms with Crippen molar-refractivity contribution in [2.75, 3.05) is 37.6 Å². The van der Waals surface area contributed by atoms with E-state index in [-0.39, 0.29) is 11.9 Å². The largest absolute Gasteiger partial charge is 0.357 e. The van der Waals surface area contributed by atoms with Gasteiger partial charge in [-0.1, -0.05) is 13.0 Å². The molecule has 0 saturated carbocycles. The second-order valence-corrected chi connectivity index (χ2v) is 7.58. The van der Waals surface area contributed by atoms with E-state index in [1.807, 2.05) is 35.4 Å². The zero-order valence-electron chi connectivity index (χ0n) is 15.8. The SMILES string of the molecule is CC1CCN(c2ccc(C(=O)N3CCNCC3c3cccnc3)cn2)CC1. The molecule has 1 N–H and O–H groups in total. The van der Waals surface area contributed by atoms with Crippen LogP contribution < -0.4 is 10.2 Å². The maximum atomic E-state index is 13.1. The summed E-state index contributed by atoms with van der Waals surface area (Å²) in [5.41, 5.74) is 1.71. The number of pyridine rings is 2. The lowest BCUT2D eigenvalue weighted by Gasteiger charge is -2.36. The molecule has 27 heavy (non-hydrogen) atoms. The van der Waals surface area contributed by atoms with Crippen LogP contribution in [0.4, 0.5) is 5.82 Å². The van der Waals surface area contributed by atoms with E-state index in [1.165, 1.54) is 12.8 Å². The predicted octanol–water partition coefficient (Wildman–Crippen LogP) is 2.50. The number of hydrogen-bond acceptors (Lipinski definition) is 5. The number of nitrogens with zero attached hydrogens (tertiary/aromatic N) is 4. The second kappa shape index (κ2) is 8.05. The minimum atomic E-state index is 0.00297. The third-order valence-electron chi connectivity index (χ3n) is 5.68. The molecular weight excluding hydrogens is 338 g/mol. The highest BCUT2D eigenvalue weighted by Gasteiger charge is 2.29. The van der Waals surface area contributed by atoms with Crippen LogP contribution in [0.2, 0.25) is 0 Å². The Hall–Kier alpha value is -2.47. The van der Waals surface area contributed by atoms with Crippen molar-refractivity contribution in [3.05, 3.63) is 54.0 Å². The van der Waals surface area contributed by atoms with Crippen molar-refractivity contribution >= 4 is 11.7 Å². The number of amides is 1. The number of carbonyl (C=O) groups excluding carboxylic acids is 1. The molecule has 2 aromatic rings. The minimum Gasteiger partial charge on any atom is -0.357 e. The van der Waals surface area contributed by atoms with Crippen molar-refractivity contribution in [3.63, 3.8) is 0 Å². The first-order valence-electron chi connectivity index (χ1n) is 9.85. The maximum absolute atomic E-state index is 13.1. The molecule has 6 heteroatoms. The molecule has 6 nitrogen and oxygen atoms in total. The average molecular weight is 365 g/mol. The fourth-order valence-electron chi connectivity index (χ4n) is 3.92. The van der Waals surface area contributed by atoms with Crippen molar-refractivity contribution < 1.29 is 4.79 Å². The van der Waals surface area contributed by atoms with E-state index in [4.69, 9.17) is 0 Å². The van der Waals surface area contributed by atoms with Gasteiger partial charge in [-0.3, -0.25) is 9.78 Å². The van der Waals surface area contributed by atoms with E-state index in [9.17, 15) is 4.79 Å². The predicted molar refractivity (Wildman–Crippen MR) is 106 cm³/mol. The summed E-state index contributed by atoms with van der Waals surface area (Å²) in [5, 5.41) is 3.38. The van der Waals surface area contributed by atoms with Crippen LogP contribution in [0.3, 0.4) is 0 Å². The van der Waals surface area contributed by atoms with Gasteiger partial charge in [0.15, 0.2) is 0 Å². The van der Waals surface area contributed by atoms with E-state index in [1.54, 1.807) is 12.4 Å². The van der Waals surface area contributed by atoms with Crippen molar-refractivity contribution in [1.29, 1.82) is 0 Å². The Labute approximate surface area is 160 Å². The normalized spacial score (nSPS) is 21.3. The molecule has 0 aromatic carbocycles. The van der Waals surface area contributed by atoms with Gasteiger partial charge >= 0.3 is 0 Å². The number of nitrogens with one attached hydrogen (secondary N) is 1. The van der Waals surface area contributed by atoms with Gasteiger partial charge in [0.25, 0.3) is 5.91 Å². The van der Waals surface area contributed by atoms with Crippen LogP contribution in [0.5, 0.6) is 0 Å². The Bertz CT molecular complexity index is 756. The van der Waals surface area contributed by atoms with E-state index in [0.717, 1.165) is 43.5 Å². The summed E-state index contributed by atoms with van der Waals surface area (Å²) in [6.07, 6.45) is 7.75. The zero-order valence-corrected chi connectivity index (χ0v) is 15.8. The molecule has 2 fully saturated rings. The summed E-state index contributed by atoms with van der Waals surface area (Å²) < 4.78 is 0. The van der Waals surface area contributed by atoms with Crippen molar-refractivity contribution in [3.8, 4) is 0 Å². The quantitative estimate of drug-likeness (QED) is 0.906. The van der Waals surface area contributed by atoms with E-state index in [0.29, 0.717) is 12.1 Å². The number of rotatable bonds is 3. The zero-order chi connectivity index (χ0) is 18.6. The fraction of sp³-hybridized carbons (Fsp3) is 0.476. The molecule has 0 aliphatic carbocycles. The molecule has 142 valence electrons. The fourth-order valence-corrected chi connectivity index (χ4v) is 3.92. The van der Waals surface area contributed by atoms with Gasteiger partial charge in [-0.05, 0) is 42.5 Å². The number of hydrogen-bond donors (Lipinski definition) is 1. The molecule has 2 aliphatic rings. The van der Waals surface area contributed by atoms with Gasteiger partial charge in [0.05, 0.1) is 11.6 Å². The molecule has 0 spiro atoms. The maximum Gasteiger partial charge on any atom is 0.256 e. The van der Waals surface area contributed by atoms with Crippen LogP contribution in [-0.4, -0.2) is 53.5 Å². The van der Waals surface area contributed by atoms with Crippen LogP contribution in [0, 0.1) is 5.92 Å². The first-order valence-corrected chi connectivity index (χ1v) is 9.85. The summed E-state index contributed by atoms with van der Waals surface area (Å²) in [6, 6.07) is 7.87. The topological polar surface area (TPSA) is 61.4 Å². The highest BCUT2D eigenvalue weighted by atomic mass is 16.2. The molecule has 2 saturated heterocycles. The van der Waals surface area contributed by atoms with Crippen LogP contribution in [0.15, 0.2) is 42.9 Å². The van der Waals surface area contributed by atoms with Gasteiger partial charge in [-0.15, -0.1) is 0 Å². The monoisotopic (exact) mass is 365 g/mol. The molecular formula is C21H27N5O. The van der Waals surface area contributed by atoms with Crippen LogP contribution in [0.1, 0.15) is 41.7 Å². The second-order valence-electron chi connectivity index (χ2n) is 7.58. The van der Waals surface area contributed by atoms with Crippen molar-refractivity contribution in [2.24, 2.45) is 5.92 Å². The smallest absolute Gasteiger partial charge is 0.256 e. The number of piperazine rings is 1. The third-order valence-corrected chi connectivity index (χ3v) is 5.68. The Kier molecular flexibility index (Phi) is 5.34. The van der Waals surface area contributed by atoms with E-state index < -0.39 is 0 Å². The van der Waals surface area contributed by atoms with Crippen LogP contribution in [-0.2, 0) is 0 Å². The summed E-state index contributed by atoms with van der Waals surface area (Å²) in [6.45, 7) is 6.63. The molecule has 2 aromatic heterocycles. The van der Waals surface area contributed by atoms with Gasteiger partial charge in [0.1, 0.15) is 5.82 Å². The first kappa shape index (κ1) is 17.9. The third kappa shape index (κ3) is 3.95. The minimum absolute atomic E-state index is 0.00297. The first-order chi connectivity index (χ1) is 13.2. The van der Waals surface area contributed by atoms with Gasteiger partial charge in [0, 0.05) is 51.3 Å². The molecule has 2 aliphatic heterocycles. The van der Waals surface area contributed by atoms with Crippen molar-refractivity contribution in [2.45, 2.75) is 25.8 Å². The molecule has 1 amide bonds. The molecule has 4 rings (SSSR count). The van der Waals surface area contributed by atoms with Crippen molar-refractivity contribution in [1.82, 2.24) is 20.2 Å². The summed E-state index contributed by atoms with van der Waals surface area (Å²) in [5.74, 6) is 1.80. The van der Waals surface area contributed by atoms with E-state index in [2.05, 4.69) is 27.1 Å². The molecule has 1 unspecified atom stereocenters. The van der Waals surface area contributed by atoms with Crippen LogP contribution in [0.25, 0.3) is 0 Å². The van der Waals surface area contributed by atoms with Gasteiger partial charge in [-0.25, -0.2) is 4.98 Å². The number of anilines is 1. The number of aromatic nitrogens is 2. The van der Waals surface area contributed by atoms with Gasteiger partial charge < -0.3 is 15.1 Å². The highest BCUT2D eigenvalue weighted by Crippen LogP contribution is 2.25. The summed E-state index contributed by atoms with van der Waals surface area (Å²) in [4.78, 5) is 26.2. The molecule has 1 atom stereocenters. The molecule has 0 bridgehead atoms. The molecule has 4 heterocycles. The average Bonchev–Trinajstić information content (AvgIpc) is 2.74. The summed E-state index contributed by atoms with van der Waals surface area (Å²) >= 11 is 0. The summed E-state index contributed by atoms with van der Waals surface area (Å²) in [7, 11) is 0. The van der Waals surface area contributed by atoms with Crippen LogP contribution >= 0.6 is 0 Å². The van der Waals surface area contributed by atoms with E-state index >= 15 is 0 Å².